The van der Waals surface area contributed by atoms with Crippen LogP contribution in [0.5, 0.6) is 17.2 Å². The van der Waals surface area contributed by atoms with Crippen LogP contribution in [0.1, 0.15) is 24.8 Å². The van der Waals surface area contributed by atoms with Crippen LogP contribution in [-0.4, -0.2) is 37.9 Å². The van der Waals surface area contributed by atoms with Gasteiger partial charge in [-0.05, 0) is 55.3 Å². The lowest BCUT2D eigenvalue weighted by molar-refractivity contribution is 0.115. The molecule has 1 saturated heterocycles. The number of hydrogen-bond acceptors (Lipinski definition) is 4. The number of hydrogen-bond donors (Lipinski definition) is 0. The molecule has 2 aliphatic rings. The van der Waals surface area contributed by atoms with Crippen LogP contribution in [0.4, 0.5) is 4.39 Å². The van der Waals surface area contributed by atoms with E-state index >= 15 is 0 Å². The van der Waals surface area contributed by atoms with Crippen molar-refractivity contribution in [3.8, 4) is 17.2 Å². The first-order chi connectivity index (χ1) is 12.7. The fourth-order valence-electron chi connectivity index (χ4n) is 3.88. The molecule has 1 fully saturated rings. The lowest BCUT2D eigenvalue weighted by atomic mass is 9.81. The van der Waals surface area contributed by atoms with Crippen LogP contribution in [0.2, 0.25) is 0 Å². The molecule has 0 saturated carbocycles. The minimum absolute atomic E-state index is 0.187. The van der Waals surface area contributed by atoms with E-state index in [0.717, 1.165) is 43.3 Å². The van der Waals surface area contributed by atoms with Gasteiger partial charge >= 0.3 is 0 Å². The van der Waals surface area contributed by atoms with Gasteiger partial charge in [0.25, 0.3) is 0 Å². The molecule has 2 aromatic rings. The van der Waals surface area contributed by atoms with Gasteiger partial charge in [-0.3, -0.25) is 0 Å². The third-order valence-electron chi connectivity index (χ3n) is 5.37. The summed E-state index contributed by atoms with van der Waals surface area (Å²) in [4.78, 5) is 2.45. The second-order valence-electron chi connectivity index (χ2n) is 6.93. The highest BCUT2D eigenvalue weighted by Crippen LogP contribution is 2.37. The number of fused-ring (bicyclic) bond motifs is 1. The molecule has 4 rings (SSSR count). The van der Waals surface area contributed by atoms with Crippen LogP contribution in [0.15, 0.2) is 42.5 Å². The van der Waals surface area contributed by atoms with Crippen LogP contribution in [0, 0.1) is 11.7 Å². The van der Waals surface area contributed by atoms with Gasteiger partial charge in [-0.25, -0.2) is 4.39 Å². The molecule has 0 amide bonds. The van der Waals surface area contributed by atoms with E-state index in [4.69, 9.17) is 14.2 Å². The second-order valence-corrected chi connectivity index (χ2v) is 6.93. The molecule has 0 aliphatic carbocycles. The lowest BCUT2D eigenvalue weighted by Crippen LogP contribution is -2.41. The number of halogens is 1. The van der Waals surface area contributed by atoms with Crippen LogP contribution in [0.25, 0.3) is 0 Å². The molecule has 2 aliphatic heterocycles. The Morgan fingerprint density at radius 1 is 1.12 bits per heavy atom. The third kappa shape index (κ3) is 3.63. The number of nitrogens with zero attached hydrogens (tertiary/aromatic N) is 1. The fraction of sp³-hybridized carbons (Fsp3) is 0.429. The van der Waals surface area contributed by atoms with E-state index in [1.165, 1.54) is 5.56 Å². The smallest absolute Gasteiger partial charge is 0.231 e. The Kier molecular flexibility index (Phi) is 4.98. The van der Waals surface area contributed by atoms with Gasteiger partial charge in [0, 0.05) is 18.5 Å². The third-order valence-corrected chi connectivity index (χ3v) is 5.37. The van der Waals surface area contributed by atoms with Gasteiger partial charge in [0.05, 0.1) is 6.61 Å². The van der Waals surface area contributed by atoms with E-state index in [0.29, 0.717) is 18.4 Å². The number of rotatable bonds is 5. The van der Waals surface area contributed by atoms with Crippen LogP contribution >= 0.6 is 0 Å². The molecule has 0 bridgehead atoms. The molecule has 2 atom stereocenters. The first-order valence-electron chi connectivity index (χ1n) is 9.23. The molecule has 0 radical (unpaired) electrons. The molecule has 26 heavy (non-hydrogen) atoms. The Morgan fingerprint density at radius 3 is 2.73 bits per heavy atom. The highest BCUT2D eigenvalue weighted by molar-refractivity contribution is 5.46. The predicted octanol–water partition coefficient (Wildman–Crippen LogP) is 4.06. The van der Waals surface area contributed by atoms with Gasteiger partial charge < -0.3 is 19.1 Å². The summed E-state index contributed by atoms with van der Waals surface area (Å²) < 4.78 is 30.2. The predicted molar refractivity (Wildman–Crippen MR) is 97.4 cm³/mol. The summed E-state index contributed by atoms with van der Waals surface area (Å²) in [5.41, 5.74) is 1.20. The van der Waals surface area contributed by atoms with Gasteiger partial charge in [-0.1, -0.05) is 19.1 Å². The maximum atomic E-state index is 13.3. The molecule has 0 unspecified atom stereocenters. The average Bonchev–Trinajstić information content (AvgIpc) is 3.14. The molecule has 138 valence electrons. The van der Waals surface area contributed by atoms with Crippen molar-refractivity contribution in [1.82, 2.24) is 4.90 Å². The van der Waals surface area contributed by atoms with Crippen molar-refractivity contribution in [3.05, 3.63) is 53.8 Å². The van der Waals surface area contributed by atoms with Crippen molar-refractivity contribution in [1.29, 1.82) is 0 Å². The Hall–Kier alpha value is -2.27. The maximum Gasteiger partial charge on any atom is 0.231 e. The van der Waals surface area contributed by atoms with Crippen LogP contribution in [-0.2, 0) is 0 Å². The van der Waals surface area contributed by atoms with E-state index in [-0.39, 0.29) is 12.6 Å². The molecule has 0 spiro atoms. The molecule has 4 nitrogen and oxygen atoms in total. The summed E-state index contributed by atoms with van der Waals surface area (Å²) in [6, 6.07) is 12.6. The van der Waals surface area contributed by atoms with E-state index < -0.39 is 0 Å². The highest BCUT2D eigenvalue weighted by atomic mass is 19.1. The summed E-state index contributed by atoms with van der Waals surface area (Å²) in [5.74, 6) is 2.84. The zero-order valence-electron chi connectivity index (χ0n) is 15.0. The van der Waals surface area contributed by atoms with Gasteiger partial charge in [-0.15, -0.1) is 0 Å². The summed E-state index contributed by atoms with van der Waals surface area (Å²) in [7, 11) is 0. The summed E-state index contributed by atoms with van der Waals surface area (Å²) >= 11 is 0. The van der Waals surface area contributed by atoms with Crippen LogP contribution < -0.4 is 14.2 Å². The summed E-state index contributed by atoms with van der Waals surface area (Å²) in [5, 5.41) is 0. The highest BCUT2D eigenvalue weighted by Gasteiger charge is 2.30. The first-order valence-corrected chi connectivity index (χ1v) is 9.23. The molecule has 0 N–H and O–H groups in total. The van der Waals surface area contributed by atoms with Crippen molar-refractivity contribution in [2.75, 3.05) is 33.0 Å². The second kappa shape index (κ2) is 7.54. The zero-order chi connectivity index (χ0) is 17.9. The van der Waals surface area contributed by atoms with Crippen LogP contribution in [0.3, 0.4) is 0 Å². The average molecular weight is 357 g/mol. The van der Waals surface area contributed by atoms with E-state index in [1.54, 1.807) is 12.1 Å². The lowest BCUT2D eigenvalue weighted by Gasteiger charge is -2.38. The van der Waals surface area contributed by atoms with Crippen molar-refractivity contribution in [3.63, 3.8) is 0 Å². The quantitative estimate of drug-likeness (QED) is 0.807. The maximum absolute atomic E-state index is 13.3. The molecule has 0 aromatic heterocycles. The molecule has 2 heterocycles. The Bertz CT molecular complexity index is 749. The number of ether oxygens (including phenoxy) is 3. The number of benzene rings is 2. The topological polar surface area (TPSA) is 30.9 Å². The van der Waals surface area contributed by atoms with Crippen molar-refractivity contribution in [2.24, 2.45) is 5.92 Å². The number of piperidine rings is 1. The van der Waals surface area contributed by atoms with E-state index in [1.807, 2.05) is 30.3 Å². The molecule has 2 aromatic carbocycles. The van der Waals surface area contributed by atoms with Crippen molar-refractivity contribution >= 4 is 0 Å². The minimum atomic E-state index is -0.187. The van der Waals surface area contributed by atoms with E-state index in [2.05, 4.69) is 11.8 Å². The monoisotopic (exact) mass is 357 g/mol. The van der Waals surface area contributed by atoms with Crippen molar-refractivity contribution < 1.29 is 18.6 Å². The standard InChI is InChI=1S/C21H24FNO3/c1-2-23-10-9-19(15-3-5-17(22)6-4-15)16(12-23)13-24-18-7-8-20-21(11-18)26-14-25-20/h3-8,11,16,19H,2,9-10,12-14H2,1H3/t16-,19-/m1/s1. The molecule has 5 heteroatoms. The molecular weight excluding hydrogens is 333 g/mol. The Balaban J connectivity index is 1.47. The van der Waals surface area contributed by atoms with Crippen molar-refractivity contribution in [2.45, 2.75) is 19.3 Å². The normalized spacial score (nSPS) is 22.4. The summed E-state index contributed by atoms with van der Waals surface area (Å²) in [6.07, 6.45) is 1.06. The SMILES string of the molecule is CCN1CC[C@H](c2ccc(F)cc2)[C@@H](COc2ccc3c(c2)OCO3)C1. The zero-order valence-corrected chi connectivity index (χ0v) is 15.0. The van der Waals surface area contributed by atoms with Gasteiger partial charge in [0.1, 0.15) is 11.6 Å². The largest absolute Gasteiger partial charge is 0.493 e. The van der Waals surface area contributed by atoms with E-state index in [9.17, 15) is 4.39 Å². The summed E-state index contributed by atoms with van der Waals surface area (Å²) in [6.45, 7) is 6.17. The fourth-order valence-corrected chi connectivity index (χ4v) is 3.88. The minimum Gasteiger partial charge on any atom is -0.493 e. The Labute approximate surface area is 153 Å². The molecular formula is C21H24FNO3. The Morgan fingerprint density at radius 2 is 1.92 bits per heavy atom. The van der Waals surface area contributed by atoms with Gasteiger partial charge in [0.15, 0.2) is 11.5 Å². The first kappa shape index (κ1) is 17.2. The van der Waals surface area contributed by atoms with Gasteiger partial charge in [-0.2, -0.15) is 0 Å². The number of likely N-dealkylation sites (tertiary alicyclic amines) is 1. The van der Waals surface area contributed by atoms with Gasteiger partial charge in [0.2, 0.25) is 6.79 Å².